The van der Waals surface area contributed by atoms with Gasteiger partial charge in [0.05, 0.1) is 17.6 Å². The summed E-state index contributed by atoms with van der Waals surface area (Å²) in [7, 11) is 1.87. The van der Waals surface area contributed by atoms with E-state index in [1.54, 1.807) is 6.21 Å². The number of benzene rings is 1. The number of rotatable bonds is 6. The topological polar surface area (TPSA) is 223 Å². The molecule has 14 heteroatoms. The predicted octanol–water partition coefficient (Wildman–Crippen LogP) is 0.962. The minimum Gasteiger partial charge on any atom is -0.368 e. The van der Waals surface area contributed by atoms with Gasteiger partial charge in [-0.25, -0.2) is 0 Å². The lowest BCUT2D eigenvalue weighted by molar-refractivity contribution is 0.921. The van der Waals surface area contributed by atoms with Crippen LogP contribution >= 0.6 is 0 Å². The first-order valence-electron chi connectivity index (χ1n) is 9.23. The van der Waals surface area contributed by atoms with Crippen LogP contribution in [0.2, 0.25) is 0 Å². The monoisotopic (exact) mass is 432 g/mol. The Balaban J connectivity index is 1.44. The fourth-order valence-electron chi connectivity index (χ4n) is 2.73. The smallest absolute Gasteiger partial charge is 0.234 e. The second-order valence-electron chi connectivity index (χ2n) is 6.51. The van der Waals surface area contributed by atoms with E-state index in [0.29, 0.717) is 0 Å². The van der Waals surface area contributed by atoms with Crippen LogP contribution in [0.3, 0.4) is 0 Å². The molecule has 10 N–H and O–H groups in total. The Hall–Kier alpha value is -5.01. The number of aromatic nitrogens is 7. The molecule has 4 aromatic rings. The van der Waals surface area contributed by atoms with Crippen LogP contribution in [0, 0.1) is 0 Å². The summed E-state index contributed by atoms with van der Waals surface area (Å²) in [4.78, 5) is 27.9. The van der Waals surface area contributed by atoms with Gasteiger partial charge < -0.3 is 38.1 Å². The first-order chi connectivity index (χ1) is 15.4. The van der Waals surface area contributed by atoms with Gasteiger partial charge in [0.2, 0.25) is 35.7 Å². The molecule has 32 heavy (non-hydrogen) atoms. The Labute approximate surface area is 181 Å². The molecule has 0 radical (unpaired) electrons. The minimum atomic E-state index is 0.0383. The molecule has 0 atom stereocenters. The molecule has 0 aliphatic heterocycles. The molecule has 1 aromatic carbocycles. The highest BCUT2D eigenvalue weighted by Crippen LogP contribution is 2.20. The van der Waals surface area contributed by atoms with Crippen LogP contribution in [-0.4, -0.2) is 40.7 Å². The van der Waals surface area contributed by atoms with E-state index in [2.05, 4.69) is 45.5 Å². The third kappa shape index (κ3) is 4.76. The van der Waals surface area contributed by atoms with Gasteiger partial charge in [0, 0.05) is 12.7 Å². The van der Waals surface area contributed by atoms with Crippen molar-refractivity contribution in [2.45, 2.75) is 0 Å². The van der Waals surface area contributed by atoms with E-state index in [-0.39, 0.29) is 35.7 Å². The van der Waals surface area contributed by atoms with Crippen molar-refractivity contribution in [1.82, 2.24) is 34.5 Å². The fourth-order valence-corrected chi connectivity index (χ4v) is 2.73. The van der Waals surface area contributed by atoms with E-state index in [0.717, 1.165) is 22.9 Å². The Morgan fingerprint density at radius 3 is 1.81 bits per heavy atom. The van der Waals surface area contributed by atoms with Crippen LogP contribution in [0.25, 0.3) is 0 Å². The quantitative estimate of drug-likeness (QED) is 0.234. The first kappa shape index (κ1) is 20.3. The van der Waals surface area contributed by atoms with Gasteiger partial charge >= 0.3 is 0 Å². The number of hydrogen-bond donors (Lipinski definition) is 6. The Morgan fingerprint density at radius 1 is 0.719 bits per heavy atom. The van der Waals surface area contributed by atoms with Crippen LogP contribution in [0.4, 0.5) is 52.9 Å². The normalized spacial score (nSPS) is 11.0. The molecule has 0 amide bonds. The lowest BCUT2D eigenvalue weighted by Crippen LogP contribution is -2.08. The molecule has 4 rings (SSSR count). The average molecular weight is 432 g/mol. The van der Waals surface area contributed by atoms with Crippen molar-refractivity contribution < 1.29 is 0 Å². The fraction of sp³-hybridized carbons (Fsp3) is 0.0556. The molecule has 0 bridgehead atoms. The molecule has 0 saturated carbocycles. The van der Waals surface area contributed by atoms with Gasteiger partial charge in [-0.05, 0) is 36.4 Å². The van der Waals surface area contributed by atoms with Crippen LogP contribution < -0.4 is 33.6 Å². The largest absolute Gasteiger partial charge is 0.368 e. The van der Waals surface area contributed by atoms with Gasteiger partial charge in [-0.2, -0.15) is 29.9 Å². The van der Waals surface area contributed by atoms with Crippen LogP contribution in [0.5, 0.6) is 0 Å². The van der Waals surface area contributed by atoms with Crippen LogP contribution in [-0.2, 0) is 7.05 Å². The molecular formula is C18H20N14. The highest BCUT2D eigenvalue weighted by atomic mass is 15.2. The minimum absolute atomic E-state index is 0.0383. The van der Waals surface area contributed by atoms with Crippen LogP contribution in [0.15, 0.2) is 41.4 Å². The predicted molar refractivity (Wildman–Crippen MR) is 123 cm³/mol. The van der Waals surface area contributed by atoms with E-state index in [1.807, 2.05) is 48.0 Å². The van der Waals surface area contributed by atoms with Crippen molar-refractivity contribution in [2.24, 2.45) is 12.0 Å². The summed E-state index contributed by atoms with van der Waals surface area (Å²) in [6.07, 6.45) is 1.73. The average Bonchev–Trinajstić information content (AvgIpc) is 3.05. The lowest BCUT2D eigenvalue weighted by Gasteiger charge is -2.08. The van der Waals surface area contributed by atoms with E-state index < -0.39 is 0 Å². The zero-order chi connectivity index (χ0) is 22.7. The molecule has 162 valence electrons. The number of nitrogens with one attached hydrogen (secondary N) is 2. The molecule has 3 heterocycles. The molecule has 0 fully saturated rings. The van der Waals surface area contributed by atoms with E-state index in [1.165, 1.54) is 0 Å². The molecule has 0 aliphatic carbocycles. The summed E-state index contributed by atoms with van der Waals surface area (Å²) in [5.74, 6) is 1.40. The van der Waals surface area contributed by atoms with Crippen molar-refractivity contribution in [3.05, 3.63) is 42.1 Å². The first-order valence-corrected chi connectivity index (χ1v) is 9.23. The Morgan fingerprint density at radius 2 is 1.25 bits per heavy atom. The Kier molecular flexibility index (Phi) is 5.31. The summed E-state index contributed by atoms with van der Waals surface area (Å²) in [5, 5.41) is 6.06. The summed E-state index contributed by atoms with van der Waals surface area (Å²) < 4.78 is 1.88. The van der Waals surface area contributed by atoms with Crippen molar-refractivity contribution in [2.75, 3.05) is 33.6 Å². The molecule has 3 aromatic heterocycles. The number of anilines is 8. The van der Waals surface area contributed by atoms with Gasteiger partial charge in [0.1, 0.15) is 5.82 Å². The number of hydrogen-bond acceptors (Lipinski definition) is 13. The number of nitrogen functional groups attached to an aromatic ring is 4. The van der Waals surface area contributed by atoms with Crippen molar-refractivity contribution in [1.29, 1.82) is 0 Å². The number of nitrogens with zero attached hydrogens (tertiary/aromatic N) is 8. The molecular weight excluding hydrogens is 412 g/mol. The summed E-state index contributed by atoms with van der Waals surface area (Å²) in [5.41, 5.74) is 24.7. The van der Waals surface area contributed by atoms with Crippen LogP contribution in [0.1, 0.15) is 5.69 Å². The lowest BCUT2D eigenvalue weighted by atomic mass is 10.3. The summed E-state index contributed by atoms with van der Waals surface area (Å²) in [6, 6.07) is 11.1. The van der Waals surface area contributed by atoms with Crippen molar-refractivity contribution >= 4 is 59.1 Å². The third-order valence-electron chi connectivity index (χ3n) is 4.21. The summed E-state index contributed by atoms with van der Waals surface area (Å²) in [6.45, 7) is 0. The highest BCUT2D eigenvalue weighted by molar-refractivity contribution is 5.82. The Bertz CT molecular complexity index is 1240. The molecule has 14 nitrogen and oxygen atoms in total. The zero-order valence-corrected chi connectivity index (χ0v) is 16.9. The maximum absolute atomic E-state index is 5.60. The van der Waals surface area contributed by atoms with Gasteiger partial charge in [-0.1, -0.05) is 0 Å². The number of aliphatic imine (C=N–C) groups is 1. The van der Waals surface area contributed by atoms with E-state index in [9.17, 15) is 0 Å². The zero-order valence-electron chi connectivity index (χ0n) is 16.9. The SMILES string of the molecule is Cn1c(C=Nc2ccc(Nc3nc(N)nc(N)n3)cc2)ccc1Nc1nc(N)nc(N)n1. The standard InChI is InChI=1S/C18H20N14/c1-32-11(6-7-12(32)25-18-30-15(21)27-16(22)31-18)8-23-9-2-4-10(5-3-9)24-17-28-13(19)26-14(20)29-17/h2-8H,1H3,(H5,19,20,24,26,28,29)(H5,21,22,25,27,30,31). The van der Waals surface area contributed by atoms with E-state index in [4.69, 9.17) is 22.9 Å². The number of nitrogens with two attached hydrogens (primary N) is 4. The second-order valence-corrected chi connectivity index (χ2v) is 6.51. The second kappa shape index (κ2) is 8.39. The van der Waals surface area contributed by atoms with Gasteiger partial charge in [-0.15, -0.1) is 0 Å². The van der Waals surface area contributed by atoms with Gasteiger partial charge in [-0.3, -0.25) is 4.99 Å². The van der Waals surface area contributed by atoms with Gasteiger partial charge in [0.25, 0.3) is 0 Å². The van der Waals surface area contributed by atoms with Crippen molar-refractivity contribution in [3.8, 4) is 0 Å². The summed E-state index contributed by atoms with van der Waals surface area (Å²) >= 11 is 0. The molecule has 0 unspecified atom stereocenters. The van der Waals surface area contributed by atoms with E-state index >= 15 is 0 Å². The molecule has 0 spiro atoms. The van der Waals surface area contributed by atoms with Gasteiger partial charge in [0.15, 0.2) is 0 Å². The molecule has 0 saturated heterocycles. The van der Waals surface area contributed by atoms with Crippen molar-refractivity contribution in [3.63, 3.8) is 0 Å². The maximum atomic E-state index is 5.60. The molecule has 0 aliphatic rings. The third-order valence-corrected chi connectivity index (χ3v) is 4.21. The highest BCUT2D eigenvalue weighted by Gasteiger charge is 2.07. The maximum Gasteiger partial charge on any atom is 0.234 e.